The Bertz CT molecular complexity index is 454. The fraction of sp³-hybridized carbons (Fsp3) is 0.571. The Balaban J connectivity index is 2.10. The monoisotopic (exact) mass is 350 g/mol. The van der Waals surface area contributed by atoms with E-state index in [-0.39, 0.29) is 11.7 Å². The molecule has 2 nitrogen and oxygen atoms in total. The summed E-state index contributed by atoms with van der Waals surface area (Å²) < 4.78 is 39.5. The van der Waals surface area contributed by atoms with Crippen molar-refractivity contribution in [3.05, 3.63) is 28.2 Å². The maximum Gasteiger partial charge on any atom is 0.418 e. The molecule has 1 aromatic carbocycles. The minimum absolute atomic E-state index is 0.113. The van der Waals surface area contributed by atoms with Gasteiger partial charge >= 0.3 is 6.18 Å². The van der Waals surface area contributed by atoms with Crippen molar-refractivity contribution in [2.24, 2.45) is 0 Å². The standard InChI is InChI=1S/C14H18BrF3N2/c1-19-10-3-5-11(6-4-10)20-13-7-2-9(15)8-12(13)14(16,17)18/h2,7-8,10-11,19-20H,3-6H2,1H3. The van der Waals surface area contributed by atoms with Crippen molar-refractivity contribution in [1.29, 1.82) is 0 Å². The highest BCUT2D eigenvalue weighted by Crippen LogP contribution is 2.37. The summed E-state index contributed by atoms with van der Waals surface area (Å²) in [4.78, 5) is 0. The van der Waals surface area contributed by atoms with Gasteiger partial charge in [-0.3, -0.25) is 0 Å². The van der Waals surface area contributed by atoms with E-state index in [1.165, 1.54) is 6.07 Å². The van der Waals surface area contributed by atoms with Gasteiger partial charge in [-0.1, -0.05) is 15.9 Å². The second-order valence-electron chi connectivity index (χ2n) is 5.17. The van der Waals surface area contributed by atoms with Crippen molar-refractivity contribution in [2.45, 2.75) is 43.9 Å². The second-order valence-corrected chi connectivity index (χ2v) is 6.08. The average Bonchev–Trinajstić information content (AvgIpc) is 2.40. The number of benzene rings is 1. The molecule has 1 aromatic rings. The predicted octanol–water partition coefficient (Wildman–Crippen LogP) is 4.41. The highest BCUT2D eigenvalue weighted by atomic mass is 79.9. The van der Waals surface area contributed by atoms with Crippen LogP contribution in [0.5, 0.6) is 0 Å². The highest BCUT2D eigenvalue weighted by molar-refractivity contribution is 9.10. The normalized spacial score (nSPS) is 23.6. The van der Waals surface area contributed by atoms with E-state index in [9.17, 15) is 13.2 Å². The molecule has 6 heteroatoms. The van der Waals surface area contributed by atoms with Gasteiger partial charge in [-0.25, -0.2) is 0 Å². The van der Waals surface area contributed by atoms with Crippen LogP contribution in [0.1, 0.15) is 31.2 Å². The van der Waals surface area contributed by atoms with Crippen LogP contribution in [0, 0.1) is 0 Å². The Morgan fingerprint density at radius 2 is 1.70 bits per heavy atom. The Hall–Kier alpha value is -0.750. The summed E-state index contributed by atoms with van der Waals surface area (Å²) in [6.45, 7) is 0. The van der Waals surface area contributed by atoms with Crippen molar-refractivity contribution in [3.63, 3.8) is 0 Å². The molecule has 2 N–H and O–H groups in total. The Kier molecular flexibility index (Phi) is 4.96. The summed E-state index contributed by atoms with van der Waals surface area (Å²) in [5.74, 6) is 0. The van der Waals surface area contributed by atoms with Gasteiger partial charge in [0.25, 0.3) is 0 Å². The first-order valence-electron chi connectivity index (χ1n) is 6.70. The molecule has 1 fully saturated rings. The quantitative estimate of drug-likeness (QED) is 0.843. The molecule has 0 aliphatic heterocycles. The molecule has 0 heterocycles. The van der Waals surface area contributed by atoms with Crippen LogP contribution in [0.4, 0.5) is 18.9 Å². The topological polar surface area (TPSA) is 24.1 Å². The van der Waals surface area contributed by atoms with E-state index in [2.05, 4.69) is 26.6 Å². The summed E-state index contributed by atoms with van der Waals surface area (Å²) in [5, 5.41) is 6.28. The van der Waals surface area contributed by atoms with Crippen LogP contribution >= 0.6 is 15.9 Å². The van der Waals surface area contributed by atoms with E-state index in [1.807, 2.05) is 7.05 Å². The fourth-order valence-electron chi connectivity index (χ4n) is 2.62. The van der Waals surface area contributed by atoms with Crippen LogP contribution in [0.3, 0.4) is 0 Å². The second kappa shape index (κ2) is 6.35. The number of nitrogens with one attached hydrogen (secondary N) is 2. The Morgan fingerprint density at radius 1 is 1.10 bits per heavy atom. The molecule has 0 spiro atoms. The van der Waals surface area contributed by atoms with Crippen molar-refractivity contribution < 1.29 is 13.2 Å². The lowest BCUT2D eigenvalue weighted by Gasteiger charge is -2.30. The van der Waals surface area contributed by atoms with E-state index < -0.39 is 11.7 Å². The lowest BCUT2D eigenvalue weighted by Crippen LogP contribution is -2.35. The van der Waals surface area contributed by atoms with Gasteiger partial charge in [-0.2, -0.15) is 13.2 Å². The molecule has 0 radical (unpaired) electrons. The van der Waals surface area contributed by atoms with E-state index in [4.69, 9.17) is 0 Å². The largest absolute Gasteiger partial charge is 0.418 e. The van der Waals surface area contributed by atoms with E-state index in [0.717, 1.165) is 31.7 Å². The van der Waals surface area contributed by atoms with Gasteiger partial charge < -0.3 is 10.6 Å². The summed E-state index contributed by atoms with van der Waals surface area (Å²) >= 11 is 3.10. The van der Waals surface area contributed by atoms with Crippen LogP contribution in [0.15, 0.2) is 22.7 Å². The van der Waals surface area contributed by atoms with Crippen LogP contribution in [0.2, 0.25) is 0 Å². The molecule has 1 saturated carbocycles. The number of anilines is 1. The molecule has 2 rings (SSSR count). The first-order valence-corrected chi connectivity index (χ1v) is 7.50. The molecule has 1 aliphatic carbocycles. The van der Waals surface area contributed by atoms with Crippen molar-refractivity contribution >= 4 is 21.6 Å². The van der Waals surface area contributed by atoms with Crippen molar-refractivity contribution in [1.82, 2.24) is 5.32 Å². The zero-order valence-electron chi connectivity index (χ0n) is 11.2. The van der Waals surface area contributed by atoms with Gasteiger partial charge in [-0.05, 0) is 50.9 Å². The summed E-state index contributed by atoms with van der Waals surface area (Å²) in [6.07, 6.45) is -0.579. The summed E-state index contributed by atoms with van der Waals surface area (Å²) in [6, 6.07) is 4.86. The minimum Gasteiger partial charge on any atom is -0.382 e. The molecule has 0 amide bonds. The molecule has 1 aliphatic rings. The minimum atomic E-state index is -4.34. The number of halogens is 4. The van der Waals surface area contributed by atoms with Gasteiger partial charge in [-0.15, -0.1) is 0 Å². The number of hydrogen-bond donors (Lipinski definition) is 2. The number of rotatable bonds is 3. The van der Waals surface area contributed by atoms with Gasteiger partial charge in [0.05, 0.1) is 5.56 Å². The molecule has 0 bridgehead atoms. The summed E-state index contributed by atoms with van der Waals surface area (Å²) in [7, 11) is 1.93. The first kappa shape index (κ1) is 15.6. The lowest BCUT2D eigenvalue weighted by molar-refractivity contribution is -0.137. The first-order chi connectivity index (χ1) is 9.40. The summed E-state index contributed by atoms with van der Waals surface area (Å²) in [5.41, 5.74) is -0.434. The number of alkyl halides is 3. The molecule has 0 unspecified atom stereocenters. The number of hydrogen-bond acceptors (Lipinski definition) is 2. The van der Waals surface area contributed by atoms with Gasteiger partial charge in [0.1, 0.15) is 0 Å². The van der Waals surface area contributed by atoms with Gasteiger partial charge in [0.15, 0.2) is 0 Å². The maximum atomic E-state index is 13.0. The maximum absolute atomic E-state index is 13.0. The molecule has 20 heavy (non-hydrogen) atoms. The Morgan fingerprint density at radius 3 is 2.25 bits per heavy atom. The Labute approximate surface area is 125 Å². The third-order valence-electron chi connectivity index (χ3n) is 3.78. The van der Waals surface area contributed by atoms with E-state index in [1.54, 1.807) is 6.07 Å². The molecule has 112 valence electrons. The smallest absolute Gasteiger partial charge is 0.382 e. The van der Waals surface area contributed by atoms with E-state index >= 15 is 0 Å². The third kappa shape index (κ3) is 3.88. The predicted molar refractivity (Wildman–Crippen MR) is 77.9 cm³/mol. The zero-order valence-corrected chi connectivity index (χ0v) is 12.8. The van der Waals surface area contributed by atoms with Crippen LogP contribution in [-0.4, -0.2) is 19.1 Å². The van der Waals surface area contributed by atoms with Crippen molar-refractivity contribution in [3.8, 4) is 0 Å². The van der Waals surface area contributed by atoms with Gasteiger partial charge in [0.2, 0.25) is 0 Å². The molecule has 0 atom stereocenters. The van der Waals surface area contributed by atoms with Crippen molar-refractivity contribution in [2.75, 3.05) is 12.4 Å². The van der Waals surface area contributed by atoms with Crippen LogP contribution in [-0.2, 0) is 6.18 Å². The molecule has 0 saturated heterocycles. The van der Waals surface area contributed by atoms with Crippen LogP contribution < -0.4 is 10.6 Å². The third-order valence-corrected chi connectivity index (χ3v) is 4.28. The van der Waals surface area contributed by atoms with Gasteiger partial charge in [0, 0.05) is 22.2 Å². The lowest BCUT2D eigenvalue weighted by atomic mass is 9.91. The average molecular weight is 351 g/mol. The molecular weight excluding hydrogens is 333 g/mol. The molecular formula is C14H18BrF3N2. The highest BCUT2D eigenvalue weighted by Gasteiger charge is 2.34. The van der Waals surface area contributed by atoms with Crippen LogP contribution in [0.25, 0.3) is 0 Å². The molecule has 0 aromatic heterocycles. The SMILES string of the molecule is CNC1CCC(Nc2ccc(Br)cc2C(F)(F)F)CC1. The fourth-order valence-corrected chi connectivity index (χ4v) is 2.98. The zero-order chi connectivity index (χ0) is 14.8. The van der Waals surface area contributed by atoms with E-state index in [0.29, 0.717) is 10.5 Å².